The Labute approximate surface area is 272 Å². The first-order valence-electron chi connectivity index (χ1n) is 16.2. The van der Waals surface area contributed by atoms with Crippen molar-refractivity contribution in [2.24, 2.45) is 0 Å². The number of fused-ring (bicyclic) bond motifs is 1. The summed E-state index contributed by atoms with van der Waals surface area (Å²) in [6.45, 7) is 10.1. The monoisotopic (exact) mass is 636 g/mol. The second kappa shape index (κ2) is 11.4. The molecule has 1 amide bonds. The molecule has 12 heteroatoms. The van der Waals surface area contributed by atoms with Gasteiger partial charge in [-0.3, -0.25) is 0 Å². The number of piperazine rings is 1. The molecule has 47 heavy (non-hydrogen) atoms. The van der Waals surface area contributed by atoms with E-state index in [0.29, 0.717) is 30.0 Å². The number of nitrogens with zero attached hydrogens (tertiary/aromatic N) is 8. The van der Waals surface area contributed by atoms with E-state index in [1.54, 1.807) is 35.5 Å². The quantitative estimate of drug-likeness (QED) is 0.265. The van der Waals surface area contributed by atoms with E-state index in [1.165, 1.54) is 10.6 Å². The molecule has 1 aromatic carbocycles. The van der Waals surface area contributed by atoms with E-state index in [-0.39, 0.29) is 46.4 Å². The Bertz CT molecular complexity index is 1980. The fourth-order valence-corrected chi connectivity index (χ4v) is 6.44. The third-order valence-electron chi connectivity index (χ3n) is 9.01. The van der Waals surface area contributed by atoms with Gasteiger partial charge in [0, 0.05) is 42.6 Å². The van der Waals surface area contributed by atoms with Gasteiger partial charge in [-0.1, -0.05) is 12.1 Å². The Kier molecular flexibility index (Phi) is 7.45. The summed E-state index contributed by atoms with van der Waals surface area (Å²) in [5.74, 6) is 0.211. The molecule has 3 aromatic heterocycles. The Balaban J connectivity index is 1.45. The standard InChI is InChI=1S/C35H37FN8O3/c1-19-17-43(34(46)47-35(3,4)5)20(2)16-42(19)31-25-14-23(15-37)27(24-8-6-7-9-26(24)36)40-32(25)44(33(45)41-31)30-28(21-10-11-21)38-18-39-29(30)22-12-13-22/h6-9,14,18-22H,10-13,16-17H2,1-5H3/t19-,20+/m0/s1. The molecule has 4 aromatic rings. The molecule has 11 nitrogen and oxygen atoms in total. The van der Waals surface area contributed by atoms with Crippen LogP contribution in [0.2, 0.25) is 0 Å². The fraction of sp³-hybridized carbons (Fsp3) is 0.457. The van der Waals surface area contributed by atoms with E-state index in [4.69, 9.17) is 9.72 Å². The highest BCUT2D eigenvalue weighted by Gasteiger charge is 2.39. The van der Waals surface area contributed by atoms with Crippen LogP contribution in [-0.2, 0) is 4.74 Å². The minimum atomic E-state index is -0.644. The van der Waals surface area contributed by atoms with Crippen molar-refractivity contribution in [3.63, 3.8) is 0 Å². The first-order chi connectivity index (χ1) is 22.4. The molecule has 1 aliphatic heterocycles. The topological polar surface area (TPSA) is 130 Å². The van der Waals surface area contributed by atoms with Gasteiger partial charge in [0.2, 0.25) is 0 Å². The molecule has 0 N–H and O–H groups in total. The van der Waals surface area contributed by atoms with E-state index in [0.717, 1.165) is 37.1 Å². The van der Waals surface area contributed by atoms with Gasteiger partial charge < -0.3 is 14.5 Å². The predicted octanol–water partition coefficient (Wildman–Crippen LogP) is 5.84. The molecule has 2 saturated carbocycles. The Morgan fingerprint density at radius 2 is 1.66 bits per heavy atom. The second-order valence-electron chi connectivity index (χ2n) is 13.9. The van der Waals surface area contributed by atoms with Gasteiger partial charge in [0.1, 0.15) is 29.6 Å². The SMILES string of the molecule is C[C@@H]1CN(c2nc(=O)n(-c3c(C4CC4)ncnc3C3CC3)c3nc(-c4ccccc4F)c(C#N)cc23)[C@@H](C)CN1C(=O)OC(C)(C)C. The summed E-state index contributed by atoms with van der Waals surface area (Å²) in [5.41, 5.74) is 1.66. The highest BCUT2D eigenvalue weighted by Crippen LogP contribution is 2.47. The van der Waals surface area contributed by atoms with Gasteiger partial charge in [-0.05, 0) is 78.5 Å². The van der Waals surface area contributed by atoms with Crippen LogP contribution < -0.4 is 10.6 Å². The summed E-state index contributed by atoms with van der Waals surface area (Å²) in [6, 6.07) is 9.48. The summed E-state index contributed by atoms with van der Waals surface area (Å²) in [5, 5.41) is 10.8. The number of nitriles is 1. The highest BCUT2D eigenvalue weighted by atomic mass is 19.1. The number of halogens is 1. The minimum absolute atomic E-state index is 0.136. The summed E-state index contributed by atoms with van der Waals surface area (Å²) < 4.78 is 22.4. The van der Waals surface area contributed by atoms with Crippen molar-refractivity contribution in [1.82, 2.24) is 29.4 Å². The van der Waals surface area contributed by atoms with Crippen molar-refractivity contribution in [2.75, 3.05) is 18.0 Å². The van der Waals surface area contributed by atoms with Crippen molar-refractivity contribution in [3.8, 4) is 23.0 Å². The molecule has 2 aliphatic carbocycles. The third kappa shape index (κ3) is 5.68. The number of ether oxygens (including phenoxy) is 1. The molecule has 3 aliphatic rings. The number of benzene rings is 1. The van der Waals surface area contributed by atoms with Crippen LogP contribution in [0.5, 0.6) is 0 Å². The maximum atomic E-state index is 15.2. The number of hydrogen-bond acceptors (Lipinski definition) is 9. The van der Waals surface area contributed by atoms with Crippen molar-refractivity contribution >= 4 is 22.9 Å². The maximum absolute atomic E-state index is 15.2. The number of anilines is 1. The average Bonchev–Trinajstić information content (AvgIpc) is 3.95. The molecular formula is C35H37FN8O3. The van der Waals surface area contributed by atoms with Crippen LogP contribution in [0.4, 0.5) is 15.0 Å². The zero-order chi connectivity index (χ0) is 33.2. The largest absolute Gasteiger partial charge is 0.444 e. The van der Waals surface area contributed by atoms with E-state index < -0.39 is 23.2 Å². The van der Waals surface area contributed by atoms with Gasteiger partial charge in [-0.15, -0.1) is 0 Å². The number of rotatable bonds is 5. The molecular weight excluding hydrogens is 599 g/mol. The smallest absolute Gasteiger partial charge is 0.410 e. The Morgan fingerprint density at radius 1 is 1.00 bits per heavy atom. The van der Waals surface area contributed by atoms with Crippen LogP contribution in [0.25, 0.3) is 28.0 Å². The highest BCUT2D eigenvalue weighted by molar-refractivity contribution is 5.92. The molecule has 0 unspecified atom stereocenters. The second-order valence-corrected chi connectivity index (χ2v) is 13.9. The van der Waals surface area contributed by atoms with E-state index in [2.05, 4.69) is 21.0 Å². The van der Waals surface area contributed by atoms with Gasteiger partial charge >= 0.3 is 11.8 Å². The van der Waals surface area contributed by atoms with Crippen molar-refractivity contribution in [1.29, 1.82) is 5.26 Å². The molecule has 0 spiro atoms. The van der Waals surface area contributed by atoms with Gasteiger partial charge in [-0.2, -0.15) is 10.2 Å². The number of carbonyl (C=O) groups excluding carboxylic acids is 1. The Morgan fingerprint density at radius 3 is 2.26 bits per heavy atom. The number of amides is 1. The van der Waals surface area contributed by atoms with Gasteiger partial charge in [0.05, 0.1) is 33.7 Å². The van der Waals surface area contributed by atoms with E-state index in [9.17, 15) is 14.9 Å². The lowest BCUT2D eigenvalue weighted by Crippen LogP contribution is -2.59. The normalized spacial score (nSPS) is 19.9. The van der Waals surface area contributed by atoms with Crippen LogP contribution in [-0.4, -0.2) is 66.3 Å². The zero-order valence-corrected chi connectivity index (χ0v) is 27.2. The number of hydrogen-bond donors (Lipinski definition) is 0. The van der Waals surface area contributed by atoms with Gasteiger partial charge in [0.25, 0.3) is 0 Å². The van der Waals surface area contributed by atoms with Crippen LogP contribution in [0, 0.1) is 17.1 Å². The van der Waals surface area contributed by atoms with Crippen molar-refractivity contribution < 1.29 is 13.9 Å². The summed E-state index contributed by atoms with van der Waals surface area (Å²) in [4.78, 5) is 50.0. The van der Waals surface area contributed by atoms with Crippen LogP contribution in [0.15, 0.2) is 41.5 Å². The third-order valence-corrected chi connectivity index (χ3v) is 9.01. The predicted molar refractivity (Wildman–Crippen MR) is 174 cm³/mol. The van der Waals surface area contributed by atoms with E-state index >= 15 is 4.39 Å². The number of pyridine rings is 1. The lowest BCUT2D eigenvalue weighted by molar-refractivity contribution is 0.0130. The average molecular weight is 637 g/mol. The van der Waals surface area contributed by atoms with Crippen LogP contribution in [0.1, 0.15) is 89.1 Å². The molecule has 2 atom stereocenters. The molecule has 4 heterocycles. The molecule has 3 fully saturated rings. The first kappa shape index (κ1) is 30.7. The fourth-order valence-electron chi connectivity index (χ4n) is 6.44. The minimum Gasteiger partial charge on any atom is -0.444 e. The van der Waals surface area contributed by atoms with Crippen LogP contribution >= 0.6 is 0 Å². The lowest BCUT2D eigenvalue weighted by Gasteiger charge is -2.44. The first-order valence-corrected chi connectivity index (χ1v) is 16.2. The molecule has 0 bridgehead atoms. The summed E-state index contributed by atoms with van der Waals surface area (Å²) in [6.07, 6.45) is 4.98. The summed E-state index contributed by atoms with van der Waals surface area (Å²) in [7, 11) is 0. The van der Waals surface area contributed by atoms with Crippen molar-refractivity contribution in [2.45, 2.75) is 89.8 Å². The lowest BCUT2D eigenvalue weighted by atomic mass is 10.0. The number of aromatic nitrogens is 5. The van der Waals surface area contributed by atoms with Crippen molar-refractivity contribution in [3.05, 3.63) is 69.9 Å². The molecule has 7 rings (SSSR count). The molecule has 0 radical (unpaired) electrons. The molecule has 1 saturated heterocycles. The zero-order valence-electron chi connectivity index (χ0n) is 27.2. The van der Waals surface area contributed by atoms with E-state index in [1.807, 2.05) is 39.5 Å². The summed E-state index contributed by atoms with van der Waals surface area (Å²) >= 11 is 0. The number of carbonyl (C=O) groups is 1. The van der Waals surface area contributed by atoms with Gasteiger partial charge in [-0.25, -0.2) is 33.5 Å². The Hall–Kier alpha value is -4.92. The van der Waals surface area contributed by atoms with Crippen LogP contribution in [0.3, 0.4) is 0 Å². The molecule has 242 valence electrons. The van der Waals surface area contributed by atoms with Gasteiger partial charge in [0.15, 0.2) is 5.65 Å². The maximum Gasteiger partial charge on any atom is 0.410 e.